The molecule has 2 aromatic rings. The number of hydrogen-bond acceptors (Lipinski definition) is 7. The molecule has 0 aromatic heterocycles. The molecule has 0 aliphatic carbocycles. The van der Waals surface area contributed by atoms with Crippen LogP contribution in [0, 0.1) is 5.82 Å². The van der Waals surface area contributed by atoms with E-state index in [1.165, 1.54) is 11.0 Å². The summed E-state index contributed by atoms with van der Waals surface area (Å²) in [7, 11) is 1.55. The van der Waals surface area contributed by atoms with Gasteiger partial charge in [0.25, 0.3) is 0 Å². The molecule has 2 fully saturated rings. The van der Waals surface area contributed by atoms with E-state index in [1.54, 1.807) is 43.5 Å². The second-order valence-corrected chi connectivity index (χ2v) is 9.50. The molecule has 10 heteroatoms. The van der Waals surface area contributed by atoms with Gasteiger partial charge in [-0.1, -0.05) is 6.07 Å². The van der Waals surface area contributed by atoms with Crippen LogP contribution in [-0.2, 0) is 9.53 Å². The van der Waals surface area contributed by atoms with Crippen molar-refractivity contribution < 1.29 is 28.2 Å². The van der Waals surface area contributed by atoms with Crippen molar-refractivity contribution in [2.45, 2.75) is 18.9 Å². The first-order chi connectivity index (χ1) is 17.0. The number of cyclic esters (lactones) is 1. The predicted molar refractivity (Wildman–Crippen MR) is 133 cm³/mol. The molecule has 2 aliphatic heterocycles. The van der Waals surface area contributed by atoms with Crippen LogP contribution in [0.2, 0.25) is 0 Å². The highest BCUT2D eigenvalue weighted by molar-refractivity contribution is 7.99. The third-order valence-electron chi connectivity index (χ3n) is 5.98. The maximum Gasteiger partial charge on any atom is 0.414 e. The second-order valence-electron chi connectivity index (χ2n) is 8.28. The maximum absolute atomic E-state index is 14.8. The van der Waals surface area contributed by atoms with Gasteiger partial charge in [0.2, 0.25) is 5.91 Å². The molecule has 35 heavy (non-hydrogen) atoms. The Kier molecular flexibility index (Phi) is 8.12. The third kappa shape index (κ3) is 6.05. The van der Waals surface area contributed by atoms with Crippen molar-refractivity contribution in [1.29, 1.82) is 0 Å². The number of ether oxygens (including phenoxy) is 2. The number of carbonyl (C=O) groups is 3. The lowest BCUT2D eigenvalue weighted by atomic mass is 10.1. The van der Waals surface area contributed by atoms with E-state index in [4.69, 9.17) is 9.47 Å². The molecule has 2 amide bonds. The minimum absolute atomic E-state index is 0.0241. The highest BCUT2D eigenvalue weighted by atomic mass is 32.2. The summed E-state index contributed by atoms with van der Waals surface area (Å²) in [4.78, 5) is 40.6. The van der Waals surface area contributed by atoms with Gasteiger partial charge in [0, 0.05) is 43.0 Å². The van der Waals surface area contributed by atoms with Gasteiger partial charge in [-0.25, -0.2) is 9.18 Å². The number of halogens is 1. The number of Topliss-reactive ketones (excluding diaryl/α,β-unsaturated/α-hetero) is 1. The molecule has 186 valence electrons. The molecule has 0 radical (unpaired) electrons. The van der Waals surface area contributed by atoms with E-state index in [2.05, 4.69) is 5.32 Å². The van der Waals surface area contributed by atoms with Crippen LogP contribution in [0.4, 0.5) is 20.6 Å². The molecule has 0 bridgehead atoms. The highest BCUT2D eigenvalue weighted by Crippen LogP contribution is 2.35. The fraction of sp³-hybridized carbons (Fsp3) is 0.400. The van der Waals surface area contributed by atoms with Gasteiger partial charge in [0.1, 0.15) is 17.7 Å². The number of thioether (sulfide) groups is 1. The Morgan fingerprint density at radius 3 is 2.60 bits per heavy atom. The third-order valence-corrected chi connectivity index (χ3v) is 6.92. The van der Waals surface area contributed by atoms with Crippen molar-refractivity contribution in [2.24, 2.45) is 0 Å². The molecule has 1 N–H and O–H groups in total. The first-order valence-corrected chi connectivity index (χ1v) is 12.6. The SMILES string of the molecule is COc1ccc(C(=O)CCC(=O)NC[C@H]2CN(c3cccc(F)c3N3CCSCC3)C(=O)O2)cc1. The Hall–Kier alpha value is -3.27. The average Bonchev–Trinajstić information content (AvgIpc) is 3.26. The zero-order valence-electron chi connectivity index (χ0n) is 19.5. The number of carbonyl (C=O) groups excluding carboxylic acids is 3. The number of hydrogen-bond donors (Lipinski definition) is 1. The Bertz CT molecular complexity index is 1080. The van der Waals surface area contributed by atoms with Crippen LogP contribution in [0.3, 0.4) is 0 Å². The predicted octanol–water partition coefficient (Wildman–Crippen LogP) is 3.49. The number of amides is 2. The van der Waals surface area contributed by atoms with Crippen LogP contribution in [0.1, 0.15) is 23.2 Å². The summed E-state index contributed by atoms with van der Waals surface area (Å²) in [5.74, 6) is 1.62. The first-order valence-electron chi connectivity index (χ1n) is 11.5. The molecule has 8 nitrogen and oxygen atoms in total. The minimum Gasteiger partial charge on any atom is -0.497 e. The summed E-state index contributed by atoms with van der Waals surface area (Å²) in [5, 5.41) is 2.73. The monoisotopic (exact) mass is 501 g/mol. The molecule has 0 saturated carbocycles. The van der Waals surface area contributed by atoms with Crippen LogP contribution in [0.15, 0.2) is 42.5 Å². The van der Waals surface area contributed by atoms with E-state index < -0.39 is 12.2 Å². The zero-order chi connectivity index (χ0) is 24.8. The molecule has 0 unspecified atom stereocenters. The van der Waals surface area contributed by atoms with Crippen molar-refractivity contribution in [1.82, 2.24) is 5.32 Å². The van der Waals surface area contributed by atoms with Gasteiger partial charge in [-0.2, -0.15) is 11.8 Å². The average molecular weight is 502 g/mol. The number of methoxy groups -OCH3 is 1. The molecular weight excluding hydrogens is 473 g/mol. The largest absolute Gasteiger partial charge is 0.497 e. The molecule has 1 atom stereocenters. The molecule has 2 aliphatic rings. The number of nitrogens with one attached hydrogen (secondary N) is 1. The Morgan fingerprint density at radius 1 is 1.14 bits per heavy atom. The Morgan fingerprint density at radius 2 is 1.89 bits per heavy atom. The van der Waals surface area contributed by atoms with Gasteiger partial charge in [-0.05, 0) is 36.4 Å². The van der Waals surface area contributed by atoms with E-state index in [0.29, 0.717) is 35.8 Å². The lowest BCUT2D eigenvalue weighted by Gasteiger charge is -2.32. The van der Waals surface area contributed by atoms with Crippen LogP contribution in [0.5, 0.6) is 5.75 Å². The van der Waals surface area contributed by atoms with E-state index in [0.717, 1.165) is 11.5 Å². The second kappa shape index (κ2) is 11.4. The lowest BCUT2D eigenvalue weighted by Crippen LogP contribution is -2.36. The molecule has 0 spiro atoms. The van der Waals surface area contributed by atoms with Crippen molar-refractivity contribution in [3.63, 3.8) is 0 Å². The topological polar surface area (TPSA) is 88.2 Å². The summed E-state index contributed by atoms with van der Waals surface area (Å²) in [5.41, 5.74) is 1.39. The number of para-hydroxylation sites is 1. The zero-order valence-corrected chi connectivity index (χ0v) is 20.3. The summed E-state index contributed by atoms with van der Waals surface area (Å²) in [6.07, 6.45) is -1.06. The van der Waals surface area contributed by atoms with Gasteiger partial charge in [0.05, 0.1) is 31.6 Å². The van der Waals surface area contributed by atoms with Gasteiger partial charge >= 0.3 is 6.09 Å². The summed E-state index contributed by atoms with van der Waals surface area (Å²) in [6.45, 7) is 1.72. The van der Waals surface area contributed by atoms with Crippen molar-refractivity contribution in [2.75, 3.05) is 54.6 Å². The number of nitrogens with zero attached hydrogens (tertiary/aromatic N) is 2. The molecule has 4 rings (SSSR count). The minimum atomic E-state index is -0.572. The highest BCUT2D eigenvalue weighted by Gasteiger charge is 2.35. The van der Waals surface area contributed by atoms with E-state index in [-0.39, 0.29) is 43.4 Å². The summed E-state index contributed by atoms with van der Waals surface area (Å²) >= 11 is 1.82. The van der Waals surface area contributed by atoms with Gasteiger partial charge in [-0.3, -0.25) is 14.5 Å². The first kappa shape index (κ1) is 24.8. The quantitative estimate of drug-likeness (QED) is 0.526. The number of anilines is 2. The number of rotatable bonds is 9. The lowest BCUT2D eigenvalue weighted by molar-refractivity contribution is -0.121. The molecule has 2 aromatic carbocycles. The van der Waals surface area contributed by atoms with Crippen LogP contribution < -0.4 is 19.9 Å². The van der Waals surface area contributed by atoms with E-state index in [1.807, 2.05) is 16.7 Å². The van der Waals surface area contributed by atoms with E-state index in [9.17, 15) is 18.8 Å². The molecule has 2 saturated heterocycles. The molecular formula is C25H28FN3O5S. The van der Waals surface area contributed by atoms with Gasteiger partial charge in [0.15, 0.2) is 5.78 Å². The standard InChI is InChI=1S/C25H28FN3O5S/c1-33-18-7-5-17(6-8-18)22(30)9-10-23(31)27-15-19-16-29(25(32)34-19)21-4-2-3-20(26)24(21)28-11-13-35-14-12-28/h2-8,19H,9-16H2,1H3,(H,27,31)/t19-/m0/s1. The molecule has 2 heterocycles. The Balaban J connectivity index is 1.30. The van der Waals surface area contributed by atoms with Crippen LogP contribution in [-0.4, -0.2) is 68.7 Å². The Labute approximate surface area is 207 Å². The number of benzene rings is 2. The summed E-state index contributed by atoms with van der Waals surface area (Å²) < 4.78 is 25.3. The van der Waals surface area contributed by atoms with Crippen molar-refractivity contribution >= 4 is 40.9 Å². The van der Waals surface area contributed by atoms with Crippen molar-refractivity contribution in [3.8, 4) is 5.75 Å². The maximum atomic E-state index is 14.8. The van der Waals surface area contributed by atoms with Gasteiger partial charge < -0.3 is 19.7 Å². The fourth-order valence-corrected chi connectivity index (χ4v) is 5.01. The number of ketones is 1. The summed E-state index contributed by atoms with van der Waals surface area (Å²) in [6, 6.07) is 11.4. The normalized spacial score (nSPS) is 17.8. The fourth-order valence-electron chi connectivity index (χ4n) is 4.11. The smallest absolute Gasteiger partial charge is 0.414 e. The van der Waals surface area contributed by atoms with Gasteiger partial charge in [-0.15, -0.1) is 0 Å². The van der Waals surface area contributed by atoms with Crippen molar-refractivity contribution in [3.05, 3.63) is 53.8 Å². The van der Waals surface area contributed by atoms with Crippen LogP contribution >= 0.6 is 11.8 Å². The van der Waals surface area contributed by atoms with Crippen LogP contribution in [0.25, 0.3) is 0 Å². The van der Waals surface area contributed by atoms with E-state index >= 15 is 0 Å².